The van der Waals surface area contributed by atoms with Crippen LogP contribution in [0.5, 0.6) is 5.88 Å². The predicted octanol–water partition coefficient (Wildman–Crippen LogP) is 1.74. The van der Waals surface area contributed by atoms with E-state index in [-0.39, 0.29) is 23.3 Å². The fourth-order valence-corrected chi connectivity index (χ4v) is 2.78. The molecule has 0 spiro atoms. The molecule has 0 aliphatic carbocycles. The van der Waals surface area contributed by atoms with E-state index in [1.54, 1.807) is 29.2 Å². The van der Waals surface area contributed by atoms with E-state index in [1.165, 1.54) is 12.1 Å². The second kappa shape index (κ2) is 7.34. The van der Waals surface area contributed by atoms with E-state index in [0.29, 0.717) is 25.4 Å². The maximum atomic E-state index is 12.6. The van der Waals surface area contributed by atoms with Gasteiger partial charge in [0, 0.05) is 39.2 Å². The van der Waals surface area contributed by atoms with Crippen molar-refractivity contribution in [1.29, 1.82) is 0 Å². The monoisotopic (exact) mass is 357 g/mol. The van der Waals surface area contributed by atoms with Gasteiger partial charge in [-0.2, -0.15) is 0 Å². The van der Waals surface area contributed by atoms with Crippen LogP contribution >= 0.6 is 0 Å². The molecule has 1 unspecified atom stereocenters. The van der Waals surface area contributed by atoms with Crippen LogP contribution in [0.4, 0.5) is 11.5 Å². The van der Waals surface area contributed by atoms with Crippen LogP contribution < -0.4 is 9.64 Å². The van der Waals surface area contributed by atoms with E-state index in [0.717, 1.165) is 5.82 Å². The number of amides is 1. The molecule has 26 heavy (non-hydrogen) atoms. The van der Waals surface area contributed by atoms with Crippen LogP contribution in [-0.4, -0.2) is 59.2 Å². The van der Waals surface area contributed by atoms with Crippen molar-refractivity contribution in [2.75, 3.05) is 32.1 Å². The Morgan fingerprint density at radius 1 is 1.27 bits per heavy atom. The molecule has 2 aromatic rings. The van der Waals surface area contributed by atoms with Crippen LogP contribution in [-0.2, 0) is 0 Å². The standard InChI is InChI=1S/C17H19N5O4/c1-20(2)15-7-8-16(19-18-15)26-12-9-10-21(11-12)17(23)13-5-3-4-6-14(13)22(24)25/h3-8,12H,9-11H2,1-2H3. The van der Waals surface area contributed by atoms with Gasteiger partial charge in [0.25, 0.3) is 11.6 Å². The van der Waals surface area contributed by atoms with Crippen molar-refractivity contribution in [3.05, 3.63) is 52.1 Å². The molecule has 9 heteroatoms. The highest BCUT2D eigenvalue weighted by Gasteiger charge is 2.31. The van der Waals surface area contributed by atoms with Gasteiger partial charge < -0.3 is 14.5 Å². The van der Waals surface area contributed by atoms with Gasteiger partial charge in [-0.1, -0.05) is 12.1 Å². The van der Waals surface area contributed by atoms with Gasteiger partial charge >= 0.3 is 0 Å². The Kier molecular flexibility index (Phi) is 4.97. The summed E-state index contributed by atoms with van der Waals surface area (Å²) >= 11 is 0. The molecule has 1 aromatic heterocycles. The van der Waals surface area contributed by atoms with Crippen molar-refractivity contribution in [2.24, 2.45) is 0 Å². The van der Waals surface area contributed by atoms with Gasteiger partial charge in [-0.25, -0.2) is 0 Å². The van der Waals surface area contributed by atoms with Gasteiger partial charge in [0.05, 0.1) is 11.5 Å². The molecule has 1 fully saturated rings. The molecule has 1 aliphatic rings. The summed E-state index contributed by atoms with van der Waals surface area (Å²) in [5.74, 6) is 0.745. The minimum absolute atomic E-state index is 0.0910. The Hall–Kier alpha value is -3.23. The van der Waals surface area contributed by atoms with E-state index in [2.05, 4.69) is 10.2 Å². The number of likely N-dealkylation sites (tertiary alicyclic amines) is 1. The second-order valence-corrected chi connectivity index (χ2v) is 6.18. The largest absolute Gasteiger partial charge is 0.471 e. The van der Waals surface area contributed by atoms with Gasteiger partial charge in [0.15, 0.2) is 5.82 Å². The zero-order valence-electron chi connectivity index (χ0n) is 14.5. The number of carbonyl (C=O) groups excluding carboxylic acids is 1. The smallest absolute Gasteiger partial charge is 0.282 e. The summed E-state index contributed by atoms with van der Waals surface area (Å²) in [6, 6.07) is 9.49. The van der Waals surface area contributed by atoms with Crippen molar-refractivity contribution in [2.45, 2.75) is 12.5 Å². The lowest BCUT2D eigenvalue weighted by Gasteiger charge is -2.17. The molecule has 1 atom stereocenters. The Morgan fingerprint density at radius 2 is 2.04 bits per heavy atom. The number of anilines is 1. The van der Waals surface area contributed by atoms with Crippen LogP contribution in [0, 0.1) is 10.1 Å². The van der Waals surface area contributed by atoms with Gasteiger partial charge in [-0.3, -0.25) is 14.9 Å². The molecule has 1 aliphatic heterocycles. The number of rotatable bonds is 5. The third-order valence-electron chi connectivity index (χ3n) is 4.13. The summed E-state index contributed by atoms with van der Waals surface area (Å²) in [6.07, 6.45) is 0.407. The van der Waals surface area contributed by atoms with Crippen molar-refractivity contribution in [1.82, 2.24) is 15.1 Å². The van der Waals surface area contributed by atoms with E-state index >= 15 is 0 Å². The lowest BCUT2D eigenvalue weighted by molar-refractivity contribution is -0.385. The van der Waals surface area contributed by atoms with Gasteiger partial charge in [-0.15, -0.1) is 10.2 Å². The van der Waals surface area contributed by atoms with Crippen molar-refractivity contribution in [3.8, 4) is 5.88 Å². The van der Waals surface area contributed by atoms with Crippen molar-refractivity contribution in [3.63, 3.8) is 0 Å². The fourth-order valence-electron chi connectivity index (χ4n) is 2.78. The molecular formula is C17H19N5O4. The summed E-state index contributed by atoms with van der Waals surface area (Å²) in [5, 5.41) is 19.2. The number of nitro benzene ring substituents is 1. The van der Waals surface area contributed by atoms with Crippen LogP contribution in [0.15, 0.2) is 36.4 Å². The van der Waals surface area contributed by atoms with Crippen LogP contribution in [0.2, 0.25) is 0 Å². The maximum absolute atomic E-state index is 12.6. The first kappa shape index (κ1) is 17.6. The van der Waals surface area contributed by atoms with E-state index in [9.17, 15) is 14.9 Å². The highest BCUT2D eigenvalue weighted by Crippen LogP contribution is 2.23. The van der Waals surface area contributed by atoms with Gasteiger partial charge in [-0.05, 0) is 12.1 Å². The molecule has 0 N–H and O–H groups in total. The number of hydrogen-bond acceptors (Lipinski definition) is 7. The maximum Gasteiger partial charge on any atom is 0.282 e. The minimum Gasteiger partial charge on any atom is -0.471 e. The average Bonchev–Trinajstić information content (AvgIpc) is 3.10. The van der Waals surface area contributed by atoms with E-state index in [4.69, 9.17) is 4.74 Å². The summed E-state index contributed by atoms with van der Waals surface area (Å²) < 4.78 is 5.78. The third kappa shape index (κ3) is 3.71. The topological polar surface area (TPSA) is 102 Å². The van der Waals surface area contributed by atoms with Gasteiger partial charge in [0.1, 0.15) is 11.7 Å². The number of hydrogen-bond donors (Lipinski definition) is 0. The number of carbonyl (C=O) groups is 1. The Morgan fingerprint density at radius 3 is 2.69 bits per heavy atom. The molecule has 0 radical (unpaired) electrons. The molecule has 3 rings (SSSR count). The summed E-state index contributed by atoms with van der Waals surface area (Å²) in [4.78, 5) is 26.6. The number of para-hydroxylation sites is 1. The summed E-state index contributed by atoms with van der Waals surface area (Å²) in [7, 11) is 3.74. The summed E-state index contributed by atoms with van der Waals surface area (Å²) in [5.41, 5.74) is -0.0970. The quantitative estimate of drug-likeness (QED) is 0.593. The van der Waals surface area contributed by atoms with E-state index < -0.39 is 4.92 Å². The predicted molar refractivity (Wildman–Crippen MR) is 94.4 cm³/mol. The SMILES string of the molecule is CN(C)c1ccc(OC2CCN(C(=O)c3ccccc3[N+](=O)[O-])C2)nn1. The van der Waals surface area contributed by atoms with Crippen LogP contribution in [0.3, 0.4) is 0 Å². The van der Waals surface area contributed by atoms with Crippen LogP contribution in [0.25, 0.3) is 0 Å². The number of nitro groups is 1. The molecular weight excluding hydrogens is 338 g/mol. The minimum atomic E-state index is -0.542. The van der Waals surface area contributed by atoms with Crippen molar-refractivity contribution >= 4 is 17.4 Å². The van der Waals surface area contributed by atoms with Crippen molar-refractivity contribution < 1.29 is 14.5 Å². The first-order chi connectivity index (χ1) is 12.5. The Labute approximate surface area is 150 Å². The Balaban J connectivity index is 1.65. The molecule has 136 valence electrons. The zero-order chi connectivity index (χ0) is 18.7. The lowest BCUT2D eigenvalue weighted by atomic mass is 10.1. The molecule has 9 nitrogen and oxygen atoms in total. The summed E-state index contributed by atoms with van der Waals surface area (Å²) in [6.45, 7) is 0.820. The first-order valence-corrected chi connectivity index (χ1v) is 8.16. The van der Waals surface area contributed by atoms with E-state index in [1.807, 2.05) is 19.0 Å². The zero-order valence-corrected chi connectivity index (χ0v) is 14.5. The fraction of sp³-hybridized carbons (Fsp3) is 0.353. The molecule has 2 heterocycles. The highest BCUT2D eigenvalue weighted by molar-refractivity contribution is 5.98. The molecule has 1 amide bonds. The Bertz CT molecular complexity index is 809. The number of ether oxygens (including phenoxy) is 1. The first-order valence-electron chi connectivity index (χ1n) is 8.16. The average molecular weight is 357 g/mol. The molecule has 1 saturated heterocycles. The second-order valence-electron chi connectivity index (χ2n) is 6.18. The highest BCUT2D eigenvalue weighted by atomic mass is 16.6. The number of aromatic nitrogens is 2. The number of benzene rings is 1. The normalized spacial score (nSPS) is 16.4. The molecule has 0 saturated carbocycles. The lowest BCUT2D eigenvalue weighted by Crippen LogP contribution is -2.31. The molecule has 1 aromatic carbocycles. The number of nitrogens with zero attached hydrogens (tertiary/aromatic N) is 5. The van der Waals surface area contributed by atoms with Crippen LogP contribution in [0.1, 0.15) is 16.8 Å². The molecule has 0 bridgehead atoms. The van der Waals surface area contributed by atoms with Gasteiger partial charge in [0.2, 0.25) is 5.88 Å². The third-order valence-corrected chi connectivity index (χ3v) is 4.13.